The van der Waals surface area contributed by atoms with E-state index in [4.69, 9.17) is 5.41 Å². The van der Waals surface area contributed by atoms with E-state index in [0.29, 0.717) is 0 Å². The van der Waals surface area contributed by atoms with E-state index in [1.165, 1.54) is 11.8 Å². The van der Waals surface area contributed by atoms with E-state index in [1.807, 2.05) is 48.5 Å². The van der Waals surface area contributed by atoms with Gasteiger partial charge in [-0.2, -0.15) is 0 Å². The van der Waals surface area contributed by atoms with Crippen LogP contribution in [0.5, 0.6) is 0 Å². The summed E-state index contributed by atoms with van der Waals surface area (Å²) in [6.45, 7) is 2.13. The van der Waals surface area contributed by atoms with Crippen molar-refractivity contribution in [3.63, 3.8) is 0 Å². The molecule has 0 saturated carbocycles. The number of hydrogen-bond donors (Lipinski definition) is 2. The molecule has 2 aromatic carbocycles. The van der Waals surface area contributed by atoms with E-state index >= 15 is 0 Å². The number of para-hydroxylation sites is 1. The summed E-state index contributed by atoms with van der Waals surface area (Å²) in [4.78, 5) is 0. The average molecular weight is 250 g/mol. The van der Waals surface area contributed by atoms with Crippen LogP contribution < -0.4 is 5.32 Å². The van der Waals surface area contributed by atoms with E-state index in [-0.39, 0.29) is 5.92 Å². The van der Waals surface area contributed by atoms with Crippen molar-refractivity contribution in [1.29, 1.82) is 5.41 Å². The fourth-order valence-electron chi connectivity index (χ4n) is 1.94. The fourth-order valence-corrected chi connectivity index (χ4v) is 1.94. The Kier molecular flexibility index (Phi) is 4.51. The van der Waals surface area contributed by atoms with Gasteiger partial charge >= 0.3 is 0 Å². The summed E-state index contributed by atoms with van der Waals surface area (Å²) < 4.78 is 0. The molecule has 2 heteroatoms. The highest BCUT2D eigenvalue weighted by molar-refractivity contribution is 5.81. The summed E-state index contributed by atoms with van der Waals surface area (Å²) >= 11 is 0. The maximum Gasteiger partial charge on any atom is 0.0528 e. The van der Waals surface area contributed by atoms with Gasteiger partial charge in [0.15, 0.2) is 0 Å². The van der Waals surface area contributed by atoms with Crippen molar-refractivity contribution in [1.82, 2.24) is 0 Å². The molecule has 0 heterocycles. The van der Waals surface area contributed by atoms with Crippen LogP contribution >= 0.6 is 0 Å². The molecule has 0 saturated heterocycles. The predicted molar refractivity (Wildman–Crippen MR) is 81.8 cm³/mol. The maximum absolute atomic E-state index is 7.51. The topological polar surface area (TPSA) is 35.9 Å². The molecule has 1 unspecified atom stereocenters. The maximum atomic E-state index is 7.51. The minimum atomic E-state index is 0.272. The molecule has 0 radical (unpaired) electrons. The second-order valence-electron chi connectivity index (χ2n) is 4.46. The molecular formula is C17H18N2. The Hall–Kier alpha value is -2.35. The van der Waals surface area contributed by atoms with Crippen LogP contribution in [0.15, 0.2) is 72.4 Å². The SMILES string of the molecule is CC(C=C(C=N)Nc1ccccc1)c1ccccc1. The first-order valence-electron chi connectivity index (χ1n) is 6.39. The Balaban J connectivity index is 2.13. The van der Waals surface area contributed by atoms with Crippen LogP contribution in [0.4, 0.5) is 5.69 Å². The first-order valence-corrected chi connectivity index (χ1v) is 6.39. The Morgan fingerprint density at radius 1 is 1.00 bits per heavy atom. The zero-order valence-corrected chi connectivity index (χ0v) is 11.0. The minimum absolute atomic E-state index is 0.272. The number of allylic oxidation sites excluding steroid dienone is 2. The van der Waals surface area contributed by atoms with E-state index in [0.717, 1.165) is 11.4 Å². The summed E-state index contributed by atoms with van der Waals surface area (Å²) in [6, 6.07) is 20.2. The molecule has 2 rings (SSSR count). The Labute approximate surface area is 114 Å². The monoisotopic (exact) mass is 250 g/mol. The van der Waals surface area contributed by atoms with Crippen molar-refractivity contribution in [2.24, 2.45) is 0 Å². The molecule has 2 nitrogen and oxygen atoms in total. The first-order chi connectivity index (χ1) is 9.29. The third kappa shape index (κ3) is 3.81. The standard InChI is InChI=1S/C17H18N2/c1-14(15-8-4-2-5-9-15)12-17(13-18)19-16-10-6-3-7-11-16/h2-14,18-19H,1H3. The van der Waals surface area contributed by atoms with Crippen LogP contribution in [0.3, 0.4) is 0 Å². The van der Waals surface area contributed by atoms with Crippen LogP contribution in [0, 0.1) is 5.41 Å². The van der Waals surface area contributed by atoms with Gasteiger partial charge in [-0.15, -0.1) is 0 Å². The molecule has 0 aromatic heterocycles. The van der Waals surface area contributed by atoms with Gasteiger partial charge in [0.05, 0.1) is 5.70 Å². The van der Waals surface area contributed by atoms with Crippen molar-refractivity contribution < 1.29 is 0 Å². The lowest BCUT2D eigenvalue weighted by molar-refractivity contribution is 0.961. The van der Waals surface area contributed by atoms with Crippen molar-refractivity contribution >= 4 is 11.9 Å². The molecule has 2 aromatic rings. The van der Waals surface area contributed by atoms with Gasteiger partial charge in [-0.1, -0.05) is 61.5 Å². The highest BCUT2D eigenvalue weighted by atomic mass is 14.9. The largest absolute Gasteiger partial charge is 0.355 e. The summed E-state index contributed by atoms with van der Waals surface area (Å²) in [5.41, 5.74) is 3.05. The number of nitrogens with one attached hydrogen (secondary N) is 2. The van der Waals surface area contributed by atoms with Gasteiger partial charge in [0.2, 0.25) is 0 Å². The van der Waals surface area contributed by atoms with Crippen LogP contribution in [0.1, 0.15) is 18.4 Å². The van der Waals surface area contributed by atoms with E-state index in [1.54, 1.807) is 0 Å². The van der Waals surface area contributed by atoms with Crippen LogP contribution in [0.2, 0.25) is 0 Å². The van der Waals surface area contributed by atoms with Gasteiger partial charge in [-0.05, 0) is 17.7 Å². The Morgan fingerprint density at radius 3 is 2.16 bits per heavy atom. The van der Waals surface area contributed by atoms with E-state index in [2.05, 4.69) is 30.4 Å². The van der Waals surface area contributed by atoms with Crippen LogP contribution in [-0.4, -0.2) is 6.21 Å². The van der Waals surface area contributed by atoms with Gasteiger partial charge < -0.3 is 10.7 Å². The molecule has 0 spiro atoms. The zero-order valence-electron chi connectivity index (χ0n) is 11.0. The second-order valence-corrected chi connectivity index (χ2v) is 4.46. The highest BCUT2D eigenvalue weighted by Crippen LogP contribution is 2.18. The molecule has 96 valence electrons. The van der Waals surface area contributed by atoms with Gasteiger partial charge in [-0.3, -0.25) is 0 Å². The summed E-state index contributed by atoms with van der Waals surface area (Å²) in [5.74, 6) is 0.272. The first kappa shape index (κ1) is 13.1. The van der Waals surface area contributed by atoms with Crippen molar-refractivity contribution in [2.45, 2.75) is 12.8 Å². The number of anilines is 1. The molecule has 1 atom stereocenters. The molecule has 0 aliphatic rings. The van der Waals surface area contributed by atoms with Gasteiger partial charge in [0.25, 0.3) is 0 Å². The smallest absolute Gasteiger partial charge is 0.0528 e. The molecule has 19 heavy (non-hydrogen) atoms. The molecular weight excluding hydrogens is 232 g/mol. The molecule has 0 aliphatic carbocycles. The number of rotatable bonds is 5. The average Bonchev–Trinajstić information content (AvgIpc) is 2.48. The van der Waals surface area contributed by atoms with E-state index in [9.17, 15) is 0 Å². The van der Waals surface area contributed by atoms with Crippen molar-refractivity contribution in [3.05, 3.63) is 78.0 Å². The van der Waals surface area contributed by atoms with Gasteiger partial charge in [-0.25, -0.2) is 0 Å². The molecule has 0 bridgehead atoms. The summed E-state index contributed by atoms with van der Waals surface area (Å²) in [5, 5.41) is 10.8. The minimum Gasteiger partial charge on any atom is -0.355 e. The quantitative estimate of drug-likeness (QED) is 0.756. The van der Waals surface area contributed by atoms with E-state index < -0.39 is 0 Å². The Morgan fingerprint density at radius 2 is 1.58 bits per heavy atom. The molecule has 0 fully saturated rings. The third-order valence-electron chi connectivity index (χ3n) is 2.97. The highest BCUT2D eigenvalue weighted by Gasteiger charge is 2.03. The summed E-state index contributed by atoms with van der Waals surface area (Å²) in [6.07, 6.45) is 3.42. The lowest BCUT2D eigenvalue weighted by atomic mass is 10.0. The fraction of sp³-hybridized carbons (Fsp3) is 0.118. The summed E-state index contributed by atoms with van der Waals surface area (Å²) in [7, 11) is 0. The van der Waals surface area contributed by atoms with Crippen molar-refractivity contribution in [2.75, 3.05) is 5.32 Å². The zero-order chi connectivity index (χ0) is 13.5. The van der Waals surface area contributed by atoms with Crippen molar-refractivity contribution in [3.8, 4) is 0 Å². The Bertz CT molecular complexity index is 544. The lowest BCUT2D eigenvalue weighted by Crippen LogP contribution is -2.02. The van der Waals surface area contributed by atoms with Gasteiger partial charge in [0, 0.05) is 17.8 Å². The second kappa shape index (κ2) is 6.55. The van der Waals surface area contributed by atoms with Crippen LogP contribution in [-0.2, 0) is 0 Å². The van der Waals surface area contributed by atoms with Crippen LogP contribution in [0.25, 0.3) is 0 Å². The molecule has 0 aliphatic heterocycles. The number of benzene rings is 2. The third-order valence-corrected chi connectivity index (χ3v) is 2.97. The molecule has 0 amide bonds. The number of hydrogen-bond acceptors (Lipinski definition) is 2. The lowest BCUT2D eigenvalue weighted by Gasteiger charge is -2.11. The normalized spacial score (nSPS) is 12.8. The van der Waals surface area contributed by atoms with Gasteiger partial charge in [0.1, 0.15) is 0 Å². The predicted octanol–water partition coefficient (Wildman–Crippen LogP) is 4.44. The molecule has 2 N–H and O–H groups in total.